The SMILES string of the molecule is CCOCCC(=O)N1CCCc2cc(OC(F)(F)F)ccc21. The second-order valence-corrected chi connectivity index (χ2v) is 4.93. The van der Waals surface area contributed by atoms with Gasteiger partial charge in [0.2, 0.25) is 5.91 Å². The minimum absolute atomic E-state index is 0.0844. The van der Waals surface area contributed by atoms with Crippen LogP contribution in [0.15, 0.2) is 18.2 Å². The number of carbonyl (C=O) groups excluding carboxylic acids is 1. The van der Waals surface area contributed by atoms with Crippen molar-refractivity contribution in [2.45, 2.75) is 32.5 Å². The van der Waals surface area contributed by atoms with Crippen molar-refractivity contribution in [1.82, 2.24) is 0 Å². The van der Waals surface area contributed by atoms with Crippen LogP contribution in [-0.4, -0.2) is 32.0 Å². The number of amides is 1. The zero-order valence-corrected chi connectivity index (χ0v) is 12.3. The Kier molecular flexibility index (Phi) is 5.28. The third-order valence-electron chi connectivity index (χ3n) is 3.37. The molecule has 1 amide bonds. The van der Waals surface area contributed by atoms with E-state index in [1.165, 1.54) is 18.2 Å². The molecule has 0 spiro atoms. The van der Waals surface area contributed by atoms with E-state index in [0.29, 0.717) is 43.9 Å². The molecule has 0 aliphatic carbocycles. The largest absolute Gasteiger partial charge is 0.573 e. The maximum absolute atomic E-state index is 12.3. The molecule has 22 heavy (non-hydrogen) atoms. The van der Waals surface area contributed by atoms with Gasteiger partial charge in [-0.3, -0.25) is 4.79 Å². The molecule has 122 valence electrons. The number of ether oxygens (including phenoxy) is 2. The Labute approximate surface area is 126 Å². The lowest BCUT2D eigenvalue weighted by atomic mass is 10.0. The van der Waals surface area contributed by atoms with Crippen LogP contribution in [0, 0.1) is 0 Å². The van der Waals surface area contributed by atoms with Gasteiger partial charge in [0.25, 0.3) is 0 Å². The molecule has 1 aromatic carbocycles. The summed E-state index contributed by atoms with van der Waals surface area (Å²) in [7, 11) is 0. The van der Waals surface area contributed by atoms with Gasteiger partial charge < -0.3 is 14.4 Å². The van der Waals surface area contributed by atoms with Crippen molar-refractivity contribution in [1.29, 1.82) is 0 Å². The maximum Gasteiger partial charge on any atom is 0.573 e. The van der Waals surface area contributed by atoms with E-state index in [9.17, 15) is 18.0 Å². The van der Waals surface area contributed by atoms with Gasteiger partial charge in [0.05, 0.1) is 13.0 Å². The Hall–Kier alpha value is -1.76. The van der Waals surface area contributed by atoms with Crippen molar-refractivity contribution in [2.24, 2.45) is 0 Å². The van der Waals surface area contributed by atoms with Crippen molar-refractivity contribution in [3.63, 3.8) is 0 Å². The highest BCUT2D eigenvalue weighted by Gasteiger charge is 2.32. The first-order valence-electron chi connectivity index (χ1n) is 7.17. The van der Waals surface area contributed by atoms with Crippen molar-refractivity contribution in [3.05, 3.63) is 23.8 Å². The Bertz CT molecular complexity index is 531. The molecule has 0 radical (unpaired) electrons. The van der Waals surface area contributed by atoms with Gasteiger partial charge in [0, 0.05) is 18.8 Å². The van der Waals surface area contributed by atoms with Crippen LogP contribution in [0.5, 0.6) is 5.75 Å². The van der Waals surface area contributed by atoms with Gasteiger partial charge in [-0.05, 0) is 43.5 Å². The van der Waals surface area contributed by atoms with Gasteiger partial charge in [0.1, 0.15) is 5.75 Å². The summed E-state index contributed by atoms with van der Waals surface area (Å²) in [6, 6.07) is 4.10. The molecule has 0 atom stereocenters. The average Bonchev–Trinajstić information content (AvgIpc) is 2.44. The van der Waals surface area contributed by atoms with Crippen LogP contribution in [0.2, 0.25) is 0 Å². The number of nitrogens with zero attached hydrogens (tertiary/aromatic N) is 1. The third-order valence-corrected chi connectivity index (χ3v) is 3.37. The minimum Gasteiger partial charge on any atom is -0.406 e. The molecule has 7 heteroatoms. The molecule has 2 rings (SSSR count). The maximum atomic E-state index is 12.3. The predicted octanol–water partition coefficient (Wildman–Crippen LogP) is 3.29. The highest BCUT2D eigenvalue weighted by atomic mass is 19.4. The number of hydrogen-bond donors (Lipinski definition) is 0. The molecule has 1 aliphatic rings. The summed E-state index contributed by atoms with van der Waals surface area (Å²) in [6.45, 7) is 3.30. The number of anilines is 1. The molecule has 4 nitrogen and oxygen atoms in total. The van der Waals surface area contributed by atoms with Gasteiger partial charge in [-0.25, -0.2) is 0 Å². The summed E-state index contributed by atoms with van der Waals surface area (Å²) < 4.78 is 45.8. The lowest BCUT2D eigenvalue weighted by Crippen LogP contribution is -2.36. The van der Waals surface area contributed by atoms with Crippen LogP contribution in [0.4, 0.5) is 18.9 Å². The van der Waals surface area contributed by atoms with Crippen LogP contribution >= 0.6 is 0 Å². The lowest BCUT2D eigenvalue weighted by molar-refractivity contribution is -0.274. The van der Waals surface area contributed by atoms with Crippen LogP contribution in [-0.2, 0) is 16.0 Å². The van der Waals surface area contributed by atoms with Gasteiger partial charge in [-0.2, -0.15) is 0 Å². The van der Waals surface area contributed by atoms with Crippen molar-refractivity contribution in [3.8, 4) is 5.75 Å². The molecule has 1 aliphatic heterocycles. The molecular formula is C15H18F3NO3. The number of carbonyl (C=O) groups is 1. The van der Waals surface area contributed by atoms with Crippen LogP contribution in [0.1, 0.15) is 25.3 Å². The van der Waals surface area contributed by atoms with Crippen LogP contribution in [0.3, 0.4) is 0 Å². The summed E-state index contributed by atoms with van der Waals surface area (Å²) in [4.78, 5) is 13.8. The topological polar surface area (TPSA) is 38.8 Å². The van der Waals surface area contributed by atoms with E-state index in [1.807, 2.05) is 6.92 Å². The van der Waals surface area contributed by atoms with Gasteiger partial charge >= 0.3 is 6.36 Å². The fraction of sp³-hybridized carbons (Fsp3) is 0.533. The zero-order valence-electron chi connectivity index (χ0n) is 12.3. The molecule has 0 bridgehead atoms. The first-order chi connectivity index (χ1) is 10.4. The lowest BCUT2D eigenvalue weighted by Gasteiger charge is -2.30. The van der Waals surface area contributed by atoms with E-state index in [0.717, 1.165) is 0 Å². The fourth-order valence-electron chi connectivity index (χ4n) is 2.47. The monoisotopic (exact) mass is 317 g/mol. The number of alkyl halides is 3. The van der Waals surface area contributed by atoms with Crippen LogP contribution < -0.4 is 9.64 Å². The molecular weight excluding hydrogens is 299 g/mol. The molecule has 0 unspecified atom stereocenters. The minimum atomic E-state index is -4.71. The van der Waals surface area contributed by atoms with E-state index in [1.54, 1.807) is 4.90 Å². The Morgan fingerprint density at radius 2 is 2.14 bits per heavy atom. The number of hydrogen-bond acceptors (Lipinski definition) is 3. The summed E-state index contributed by atoms with van der Waals surface area (Å²) in [5, 5.41) is 0. The summed E-state index contributed by atoms with van der Waals surface area (Å²) in [5.74, 6) is -0.339. The van der Waals surface area contributed by atoms with Crippen molar-refractivity contribution >= 4 is 11.6 Å². The van der Waals surface area contributed by atoms with Gasteiger partial charge in [-0.15, -0.1) is 13.2 Å². The smallest absolute Gasteiger partial charge is 0.406 e. The number of rotatable bonds is 5. The molecule has 1 heterocycles. The first-order valence-corrected chi connectivity index (χ1v) is 7.17. The summed E-state index contributed by atoms with van der Waals surface area (Å²) in [6.07, 6.45) is -3.12. The van der Waals surface area contributed by atoms with E-state index >= 15 is 0 Å². The second-order valence-electron chi connectivity index (χ2n) is 4.93. The van der Waals surface area contributed by atoms with E-state index in [-0.39, 0.29) is 18.1 Å². The Morgan fingerprint density at radius 3 is 2.82 bits per heavy atom. The highest BCUT2D eigenvalue weighted by Crippen LogP contribution is 2.33. The standard InChI is InChI=1S/C15H18F3NO3/c1-2-21-9-7-14(20)19-8-3-4-11-10-12(5-6-13(11)19)22-15(16,17)18/h5-6,10H,2-4,7-9H2,1H3. The molecule has 0 N–H and O–H groups in total. The molecule has 0 aromatic heterocycles. The number of benzene rings is 1. The summed E-state index contributed by atoms with van der Waals surface area (Å²) >= 11 is 0. The molecule has 0 saturated carbocycles. The molecule has 0 saturated heterocycles. The Balaban J connectivity index is 2.12. The van der Waals surface area contributed by atoms with E-state index in [2.05, 4.69) is 4.74 Å². The number of aryl methyl sites for hydroxylation is 1. The van der Waals surface area contributed by atoms with Gasteiger partial charge in [0.15, 0.2) is 0 Å². The Morgan fingerprint density at radius 1 is 1.36 bits per heavy atom. The molecule has 0 fully saturated rings. The zero-order chi connectivity index (χ0) is 16.2. The fourth-order valence-corrected chi connectivity index (χ4v) is 2.47. The summed E-state index contributed by atoms with van der Waals surface area (Å²) in [5.41, 5.74) is 1.35. The third kappa shape index (κ3) is 4.37. The predicted molar refractivity (Wildman–Crippen MR) is 74.9 cm³/mol. The number of fused-ring (bicyclic) bond motifs is 1. The highest BCUT2D eigenvalue weighted by molar-refractivity contribution is 5.94. The van der Waals surface area contributed by atoms with E-state index < -0.39 is 6.36 Å². The van der Waals surface area contributed by atoms with Gasteiger partial charge in [-0.1, -0.05) is 0 Å². The van der Waals surface area contributed by atoms with E-state index in [4.69, 9.17) is 4.74 Å². The number of halogens is 3. The normalized spacial score (nSPS) is 14.6. The van der Waals surface area contributed by atoms with Crippen molar-refractivity contribution < 1.29 is 27.4 Å². The quantitative estimate of drug-likeness (QED) is 0.782. The average molecular weight is 317 g/mol. The first kappa shape index (κ1) is 16.6. The van der Waals surface area contributed by atoms with Crippen LogP contribution in [0.25, 0.3) is 0 Å². The molecule has 1 aromatic rings. The van der Waals surface area contributed by atoms with Crippen molar-refractivity contribution in [2.75, 3.05) is 24.7 Å². The second kappa shape index (κ2) is 7.00.